The minimum Gasteiger partial charge on any atom is -0.321 e. The smallest absolute Gasteiger partial charge is 0.255 e. The molecule has 0 aromatic heterocycles. The summed E-state index contributed by atoms with van der Waals surface area (Å²) in [6, 6.07) is 10.5. The molecule has 19 heavy (non-hydrogen) atoms. The molecule has 5 heteroatoms. The Morgan fingerprint density at radius 3 is 2.53 bits per heavy atom. The quantitative estimate of drug-likeness (QED) is 0.687. The molecule has 0 aliphatic rings. The lowest BCUT2D eigenvalue weighted by molar-refractivity contribution is 0.102. The average molecular weight is 406 g/mol. The Bertz CT molecular complexity index is 643. The lowest BCUT2D eigenvalue weighted by atomic mass is 10.1. The molecule has 0 saturated heterocycles. The van der Waals surface area contributed by atoms with Crippen molar-refractivity contribution in [2.24, 2.45) is 0 Å². The largest absolute Gasteiger partial charge is 0.321 e. The Labute approximate surface area is 135 Å². The van der Waals surface area contributed by atoms with Crippen molar-refractivity contribution in [2.75, 3.05) is 5.32 Å². The number of rotatable bonds is 2. The summed E-state index contributed by atoms with van der Waals surface area (Å²) in [6.07, 6.45) is 0. The van der Waals surface area contributed by atoms with Crippen LogP contribution in [0.4, 0.5) is 5.69 Å². The van der Waals surface area contributed by atoms with Crippen molar-refractivity contribution in [3.05, 3.63) is 61.1 Å². The molecule has 0 aliphatic heterocycles. The second kappa shape index (κ2) is 6.11. The monoisotopic (exact) mass is 405 g/mol. The molecular formula is C14H10Cl2INO. The normalized spacial score (nSPS) is 10.3. The van der Waals surface area contributed by atoms with E-state index in [2.05, 4.69) is 27.9 Å². The van der Waals surface area contributed by atoms with Crippen LogP contribution in [-0.2, 0) is 0 Å². The topological polar surface area (TPSA) is 29.1 Å². The van der Waals surface area contributed by atoms with E-state index in [9.17, 15) is 4.79 Å². The number of amides is 1. The van der Waals surface area contributed by atoms with Crippen LogP contribution in [0.2, 0.25) is 10.0 Å². The highest BCUT2D eigenvalue weighted by atomic mass is 127. The molecule has 2 aromatic carbocycles. The highest BCUT2D eigenvalue weighted by Crippen LogP contribution is 2.23. The van der Waals surface area contributed by atoms with Gasteiger partial charge in [0.05, 0.1) is 5.69 Å². The fraction of sp³-hybridized carbons (Fsp3) is 0.0714. The Balaban J connectivity index is 2.23. The molecule has 98 valence electrons. The third kappa shape index (κ3) is 3.61. The van der Waals surface area contributed by atoms with Crippen LogP contribution in [0.1, 0.15) is 15.9 Å². The number of hydrogen-bond acceptors (Lipinski definition) is 1. The predicted molar refractivity (Wildman–Crippen MR) is 88.3 cm³/mol. The SMILES string of the molecule is Cc1cc(C(=O)Nc2ccc(Cl)cc2I)ccc1Cl. The standard InChI is InChI=1S/C14H10Cl2INO/c1-8-6-9(2-4-11(8)16)14(19)18-13-5-3-10(15)7-12(13)17/h2-7H,1H3,(H,18,19). The second-order valence-electron chi connectivity index (χ2n) is 4.04. The predicted octanol–water partition coefficient (Wildman–Crippen LogP) is 5.16. The molecule has 0 atom stereocenters. The van der Waals surface area contributed by atoms with Gasteiger partial charge in [0, 0.05) is 19.2 Å². The van der Waals surface area contributed by atoms with Gasteiger partial charge in [0.2, 0.25) is 0 Å². The fourth-order valence-corrected chi connectivity index (χ4v) is 2.70. The van der Waals surface area contributed by atoms with Crippen LogP contribution in [0.5, 0.6) is 0 Å². The zero-order chi connectivity index (χ0) is 14.0. The maximum absolute atomic E-state index is 12.1. The Hall–Kier alpha value is -0.780. The van der Waals surface area contributed by atoms with E-state index in [1.165, 1.54) is 0 Å². The number of hydrogen-bond donors (Lipinski definition) is 1. The first-order chi connectivity index (χ1) is 8.97. The van der Waals surface area contributed by atoms with Crippen molar-refractivity contribution in [3.63, 3.8) is 0 Å². The third-order valence-corrected chi connectivity index (χ3v) is 4.15. The van der Waals surface area contributed by atoms with Crippen LogP contribution < -0.4 is 5.32 Å². The third-order valence-electron chi connectivity index (χ3n) is 2.60. The van der Waals surface area contributed by atoms with E-state index in [1.807, 2.05) is 6.92 Å². The summed E-state index contributed by atoms with van der Waals surface area (Å²) in [5.74, 6) is -0.167. The van der Waals surface area contributed by atoms with Gasteiger partial charge >= 0.3 is 0 Å². The number of benzene rings is 2. The molecule has 2 rings (SSSR count). The number of halogens is 3. The number of carbonyl (C=O) groups is 1. The molecule has 0 unspecified atom stereocenters. The van der Waals surface area contributed by atoms with Crippen LogP contribution in [0.25, 0.3) is 0 Å². The number of aryl methyl sites for hydroxylation is 1. The molecule has 0 saturated carbocycles. The molecule has 1 amide bonds. The first-order valence-electron chi connectivity index (χ1n) is 5.50. The minimum atomic E-state index is -0.167. The molecule has 0 radical (unpaired) electrons. The van der Waals surface area contributed by atoms with Gasteiger partial charge in [-0.15, -0.1) is 0 Å². The summed E-state index contributed by atoms with van der Waals surface area (Å²) in [5.41, 5.74) is 2.19. The van der Waals surface area contributed by atoms with Crippen molar-refractivity contribution in [1.82, 2.24) is 0 Å². The van der Waals surface area contributed by atoms with Gasteiger partial charge < -0.3 is 5.32 Å². The van der Waals surface area contributed by atoms with Crippen LogP contribution in [0.3, 0.4) is 0 Å². The highest BCUT2D eigenvalue weighted by molar-refractivity contribution is 14.1. The molecule has 1 N–H and O–H groups in total. The fourth-order valence-electron chi connectivity index (χ4n) is 1.57. The van der Waals surface area contributed by atoms with Gasteiger partial charge in [0.25, 0.3) is 5.91 Å². The van der Waals surface area contributed by atoms with Crippen molar-refractivity contribution in [1.29, 1.82) is 0 Å². The summed E-state index contributed by atoms with van der Waals surface area (Å²) in [6.45, 7) is 1.87. The number of anilines is 1. The van der Waals surface area contributed by atoms with Crippen molar-refractivity contribution < 1.29 is 4.79 Å². The number of carbonyl (C=O) groups excluding carboxylic acids is 1. The van der Waals surface area contributed by atoms with E-state index in [0.717, 1.165) is 14.8 Å². The lowest BCUT2D eigenvalue weighted by Gasteiger charge is -2.08. The minimum absolute atomic E-state index is 0.167. The summed E-state index contributed by atoms with van der Waals surface area (Å²) in [5, 5.41) is 4.15. The zero-order valence-electron chi connectivity index (χ0n) is 10.0. The van der Waals surface area contributed by atoms with Gasteiger partial charge in [-0.25, -0.2) is 0 Å². The van der Waals surface area contributed by atoms with Gasteiger partial charge in [0.15, 0.2) is 0 Å². The number of nitrogens with one attached hydrogen (secondary N) is 1. The molecule has 0 heterocycles. The van der Waals surface area contributed by atoms with Gasteiger partial charge in [-0.3, -0.25) is 4.79 Å². The van der Waals surface area contributed by atoms with E-state index >= 15 is 0 Å². The van der Waals surface area contributed by atoms with E-state index in [4.69, 9.17) is 23.2 Å². The Morgan fingerprint density at radius 2 is 1.89 bits per heavy atom. The molecule has 0 bridgehead atoms. The first kappa shape index (κ1) is 14.6. The molecule has 0 aliphatic carbocycles. The maximum atomic E-state index is 12.1. The molecule has 0 spiro atoms. The van der Waals surface area contributed by atoms with Gasteiger partial charge in [-0.2, -0.15) is 0 Å². The molecule has 2 nitrogen and oxygen atoms in total. The van der Waals surface area contributed by atoms with E-state index in [0.29, 0.717) is 15.6 Å². The van der Waals surface area contributed by atoms with E-state index in [-0.39, 0.29) is 5.91 Å². The van der Waals surface area contributed by atoms with Gasteiger partial charge in [-0.05, 0) is 71.5 Å². The summed E-state index contributed by atoms with van der Waals surface area (Å²) < 4.78 is 0.893. The van der Waals surface area contributed by atoms with Crippen molar-refractivity contribution in [3.8, 4) is 0 Å². The summed E-state index contributed by atoms with van der Waals surface area (Å²) in [4.78, 5) is 12.1. The maximum Gasteiger partial charge on any atom is 0.255 e. The zero-order valence-corrected chi connectivity index (χ0v) is 13.7. The lowest BCUT2D eigenvalue weighted by Crippen LogP contribution is -2.12. The Kier molecular flexibility index (Phi) is 4.71. The summed E-state index contributed by atoms with van der Waals surface area (Å²) in [7, 11) is 0. The average Bonchev–Trinajstić information content (AvgIpc) is 2.36. The first-order valence-corrected chi connectivity index (χ1v) is 7.33. The van der Waals surface area contributed by atoms with Gasteiger partial charge in [0.1, 0.15) is 0 Å². The second-order valence-corrected chi connectivity index (χ2v) is 6.05. The molecule has 0 fully saturated rings. The van der Waals surface area contributed by atoms with Gasteiger partial charge in [-0.1, -0.05) is 23.2 Å². The van der Waals surface area contributed by atoms with E-state index < -0.39 is 0 Å². The summed E-state index contributed by atoms with van der Waals surface area (Å²) >= 11 is 13.9. The highest BCUT2D eigenvalue weighted by Gasteiger charge is 2.09. The van der Waals surface area contributed by atoms with Crippen LogP contribution in [0, 0.1) is 10.5 Å². The molecule has 2 aromatic rings. The van der Waals surface area contributed by atoms with E-state index in [1.54, 1.807) is 36.4 Å². The van der Waals surface area contributed by atoms with Crippen molar-refractivity contribution >= 4 is 57.4 Å². The van der Waals surface area contributed by atoms with Crippen LogP contribution >= 0.6 is 45.8 Å². The van der Waals surface area contributed by atoms with Crippen LogP contribution in [-0.4, -0.2) is 5.91 Å². The van der Waals surface area contributed by atoms with Crippen molar-refractivity contribution in [2.45, 2.75) is 6.92 Å². The van der Waals surface area contributed by atoms with Crippen LogP contribution in [0.15, 0.2) is 36.4 Å². The Morgan fingerprint density at radius 1 is 1.16 bits per heavy atom. The molecular weight excluding hydrogens is 396 g/mol.